The Labute approximate surface area is 199 Å². The van der Waals surface area contributed by atoms with Crippen LogP contribution in [0.4, 0.5) is 4.79 Å². The number of benzene rings is 1. The van der Waals surface area contributed by atoms with E-state index < -0.39 is 29.3 Å². The third kappa shape index (κ3) is 9.06. The molecule has 0 aromatic heterocycles. The van der Waals surface area contributed by atoms with Gasteiger partial charge >= 0.3 is 6.09 Å². The van der Waals surface area contributed by atoms with Gasteiger partial charge in [-0.3, -0.25) is 9.59 Å². The number of carbonyl (C=O) groups is 3. The van der Waals surface area contributed by atoms with E-state index in [2.05, 4.69) is 17.6 Å². The molecule has 1 aromatic carbocycles. The van der Waals surface area contributed by atoms with Crippen LogP contribution in [0.15, 0.2) is 24.3 Å². The maximum absolute atomic E-state index is 13.7. The number of amides is 3. The van der Waals surface area contributed by atoms with E-state index in [1.807, 2.05) is 65.8 Å². The number of alkyl carbamates (subject to hydrolysis) is 1. The van der Waals surface area contributed by atoms with Crippen molar-refractivity contribution in [2.24, 2.45) is 5.92 Å². The molecule has 33 heavy (non-hydrogen) atoms. The third-order valence-corrected chi connectivity index (χ3v) is 4.99. The average molecular weight is 462 g/mol. The normalized spacial score (nSPS) is 13.8. The molecule has 186 valence electrons. The van der Waals surface area contributed by atoms with Crippen LogP contribution in [-0.2, 0) is 20.7 Å². The van der Waals surface area contributed by atoms with E-state index >= 15 is 0 Å². The molecule has 2 N–H and O–H groups in total. The summed E-state index contributed by atoms with van der Waals surface area (Å²) in [6.07, 6.45) is 0.221. The van der Waals surface area contributed by atoms with Crippen LogP contribution >= 0.6 is 0 Å². The topological polar surface area (TPSA) is 87.7 Å². The number of nitrogens with zero attached hydrogens (tertiary/aromatic N) is 1. The number of carbonyl (C=O) groups excluding carboxylic acids is 3. The molecule has 2 unspecified atom stereocenters. The average Bonchev–Trinajstić information content (AvgIpc) is 2.66. The number of ether oxygens (including phenoxy) is 1. The molecule has 0 aliphatic rings. The second kappa shape index (κ2) is 11.5. The molecule has 2 atom stereocenters. The number of hydrogen-bond acceptors (Lipinski definition) is 4. The first-order chi connectivity index (χ1) is 15.1. The highest BCUT2D eigenvalue weighted by atomic mass is 16.6. The zero-order chi connectivity index (χ0) is 25.6. The largest absolute Gasteiger partial charge is 0.444 e. The molecule has 0 bridgehead atoms. The van der Waals surface area contributed by atoms with Crippen LogP contribution in [-0.4, -0.2) is 46.5 Å². The molecule has 1 aromatic rings. The number of hydrogen-bond donors (Lipinski definition) is 2. The Kier molecular flexibility index (Phi) is 9.94. The first kappa shape index (κ1) is 28.5. The molecule has 0 spiro atoms. The number of rotatable bonds is 8. The van der Waals surface area contributed by atoms with Gasteiger partial charge in [-0.15, -0.1) is 0 Å². The zero-order valence-corrected chi connectivity index (χ0v) is 22.0. The Balaban J connectivity index is 3.36. The van der Waals surface area contributed by atoms with Crippen molar-refractivity contribution >= 4 is 17.9 Å². The van der Waals surface area contributed by atoms with Crippen molar-refractivity contribution in [2.45, 2.75) is 98.9 Å². The molecule has 7 nitrogen and oxygen atoms in total. The number of nitrogens with one attached hydrogen (secondary N) is 2. The summed E-state index contributed by atoms with van der Waals surface area (Å²) in [6.45, 7) is 18.9. The highest BCUT2D eigenvalue weighted by molar-refractivity contribution is 5.92. The summed E-state index contributed by atoms with van der Waals surface area (Å²) in [5.74, 6) is -0.790. The standard InChI is InChI=1S/C26H43N3O4/c1-11-18-13-15-19(16-14-18)21(22(30)28-25(5,6)7)29(12-2)23(31)20(17(3)4)27-24(32)33-26(8,9)10/h13-17,20-21H,11-12H2,1-10H3,(H,27,32)(H,28,30). The minimum Gasteiger partial charge on any atom is -0.444 e. The van der Waals surface area contributed by atoms with Crippen LogP contribution < -0.4 is 10.6 Å². The predicted molar refractivity (Wildman–Crippen MR) is 132 cm³/mol. The first-order valence-electron chi connectivity index (χ1n) is 11.8. The monoisotopic (exact) mass is 461 g/mol. The Morgan fingerprint density at radius 3 is 1.91 bits per heavy atom. The van der Waals surface area contributed by atoms with Gasteiger partial charge in [0.2, 0.25) is 11.8 Å². The van der Waals surface area contributed by atoms with Gasteiger partial charge in [0, 0.05) is 12.1 Å². The summed E-state index contributed by atoms with van der Waals surface area (Å²) in [5.41, 5.74) is 0.724. The van der Waals surface area contributed by atoms with Crippen LogP contribution in [0.1, 0.15) is 86.4 Å². The van der Waals surface area contributed by atoms with Gasteiger partial charge in [-0.05, 0) is 71.9 Å². The fourth-order valence-corrected chi connectivity index (χ4v) is 3.44. The predicted octanol–water partition coefficient (Wildman–Crippen LogP) is 4.60. The van der Waals surface area contributed by atoms with E-state index in [1.165, 1.54) is 4.90 Å². The molecular weight excluding hydrogens is 418 g/mol. The van der Waals surface area contributed by atoms with Gasteiger partial charge in [-0.25, -0.2) is 4.79 Å². The first-order valence-corrected chi connectivity index (χ1v) is 11.8. The van der Waals surface area contributed by atoms with E-state index in [0.29, 0.717) is 6.54 Å². The summed E-state index contributed by atoms with van der Waals surface area (Å²) >= 11 is 0. The molecular formula is C26H43N3O4. The van der Waals surface area contributed by atoms with Crippen LogP contribution in [0, 0.1) is 5.92 Å². The van der Waals surface area contributed by atoms with Crippen molar-refractivity contribution in [3.8, 4) is 0 Å². The van der Waals surface area contributed by atoms with E-state index in [-0.39, 0.29) is 17.7 Å². The van der Waals surface area contributed by atoms with E-state index in [1.54, 1.807) is 20.8 Å². The van der Waals surface area contributed by atoms with E-state index in [4.69, 9.17) is 4.74 Å². The maximum Gasteiger partial charge on any atom is 0.408 e. The second-order valence-electron chi connectivity index (χ2n) is 10.7. The van der Waals surface area contributed by atoms with Gasteiger partial charge in [-0.2, -0.15) is 0 Å². The molecule has 0 saturated heterocycles. The number of aryl methyl sites for hydroxylation is 1. The van der Waals surface area contributed by atoms with E-state index in [9.17, 15) is 14.4 Å². The van der Waals surface area contributed by atoms with Gasteiger partial charge in [0.15, 0.2) is 0 Å². The summed E-state index contributed by atoms with van der Waals surface area (Å²) in [4.78, 5) is 41.1. The van der Waals surface area contributed by atoms with Crippen LogP contribution in [0.5, 0.6) is 0 Å². The highest BCUT2D eigenvalue weighted by Crippen LogP contribution is 2.25. The highest BCUT2D eigenvalue weighted by Gasteiger charge is 2.37. The SMILES string of the molecule is CCc1ccc(C(C(=O)NC(C)(C)C)N(CC)C(=O)C(NC(=O)OC(C)(C)C)C(C)C)cc1. The molecule has 0 aliphatic heterocycles. The fourth-order valence-electron chi connectivity index (χ4n) is 3.44. The summed E-state index contributed by atoms with van der Waals surface area (Å²) in [7, 11) is 0. The number of likely N-dealkylation sites (N-methyl/N-ethyl adjacent to an activating group) is 1. The Bertz CT molecular complexity index is 804. The molecule has 7 heteroatoms. The van der Waals surface area contributed by atoms with Crippen molar-refractivity contribution in [2.75, 3.05) is 6.54 Å². The summed E-state index contributed by atoms with van der Waals surface area (Å²) in [6, 6.07) is 6.09. The molecule has 0 aliphatic carbocycles. The lowest BCUT2D eigenvalue weighted by Crippen LogP contribution is -2.56. The molecule has 1 rings (SSSR count). The van der Waals surface area contributed by atoms with Crippen molar-refractivity contribution in [1.82, 2.24) is 15.5 Å². The van der Waals surface area contributed by atoms with Crippen LogP contribution in [0.2, 0.25) is 0 Å². The van der Waals surface area contributed by atoms with Crippen molar-refractivity contribution in [3.05, 3.63) is 35.4 Å². The zero-order valence-electron chi connectivity index (χ0n) is 22.0. The molecule has 0 saturated carbocycles. The lowest BCUT2D eigenvalue weighted by molar-refractivity contribution is -0.143. The van der Waals surface area contributed by atoms with Gasteiger partial charge < -0.3 is 20.3 Å². The van der Waals surface area contributed by atoms with Crippen molar-refractivity contribution in [3.63, 3.8) is 0 Å². The van der Waals surface area contributed by atoms with Crippen molar-refractivity contribution in [1.29, 1.82) is 0 Å². The summed E-state index contributed by atoms with van der Waals surface area (Å²) in [5, 5.41) is 5.73. The lowest BCUT2D eigenvalue weighted by atomic mass is 9.97. The third-order valence-electron chi connectivity index (χ3n) is 4.99. The maximum atomic E-state index is 13.7. The Morgan fingerprint density at radius 1 is 0.970 bits per heavy atom. The fraction of sp³-hybridized carbons (Fsp3) is 0.654. The molecule has 0 heterocycles. The second-order valence-corrected chi connectivity index (χ2v) is 10.7. The van der Waals surface area contributed by atoms with Gasteiger partial charge in [0.1, 0.15) is 17.7 Å². The molecule has 3 amide bonds. The van der Waals surface area contributed by atoms with Crippen LogP contribution in [0.25, 0.3) is 0 Å². The van der Waals surface area contributed by atoms with Crippen LogP contribution in [0.3, 0.4) is 0 Å². The Morgan fingerprint density at radius 2 is 1.52 bits per heavy atom. The molecule has 0 fully saturated rings. The summed E-state index contributed by atoms with van der Waals surface area (Å²) < 4.78 is 5.37. The smallest absolute Gasteiger partial charge is 0.408 e. The van der Waals surface area contributed by atoms with Crippen molar-refractivity contribution < 1.29 is 19.1 Å². The minimum absolute atomic E-state index is 0.201. The lowest BCUT2D eigenvalue weighted by Gasteiger charge is -2.36. The minimum atomic E-state index is -0.834. The quantitative estimate of drug-likeness (QED) is 0.592. The van der Waals surface area contributed by atoms with Gasteiger partial charge in [-0.1, -0.05) is 45.0 Å². The molecule has 0 radical (unpaired) electrons. The van der Waals surface area contributed by atoms with Gasteiger partial charge in [0.25, 0.3) is 0 Å². The Hall–Kier alpha value is -2.57. The van der Waals surface area contributed by atoms with E-state index in [0.717, 1.165) is 17.5 Å². The van der Waals surface area contributed by atoms with Gasteiger partial charge in [0.05, 0.1) is 0 Å².